The molecule has 2 bridgehead atoms. The normalized spacial score (nSPS) is 34.6. The fourth-order valence-corrected chi connectivity index (χ4v) is 19.8. The molecule has 10 aliphatic rings. The Morgan fingerprint density at radius 1 is 0.609 bits per heavy atom. The lowest BCUT2D eigenvalue weighted by Crippen LogP contribution is -2.68. The first-order valence-corrected chi connectivity index (χ1v) is 25.5. The molecule has 10 aliphatic carbocycles. The predicted octanol–water partition coefficient (Wildman–Crippen LogP) is 14.9. The van der Waals surface area contributed by atoms with Gasteiger partial charge < -0.3 is 4.40 Å². The summed E-state index contributed by atoms with van der Waals surface area (Å²) in [6, 6.07) is 18.6. The summed E-state index contributed by atoms with van der Waals surface area (Å²) in [6.45, 7) is 24.4. The maximum atomic E-state index is 11.3. The second kappa shape index (κ2) is 9.73. The number of benzene rings is 4. The van der Waals surface area contributed by atoms with E-state index in [9.17, 15) is 5.26 Å². The van der Waals surface area contributed by atoms with E-state index in [4.69, 9.17) is 4.98 Å². The molecule has 4 aromatic carbocycles. The van der Waals surface area contributed by atoms with Gasteiger partial charge in [-0.1, -0.05) is 99.6 Å². The molecule has 10 atom stereocenters. The van der Waals surface area contributed by atoms with E-state index < -0.39 is 0 Å². The van der Waals surface area contributed by atoms with Gasteiger partial charge in [-0.25, -0.2) is 0 Å². The van der Waals surface area contributed by atoms with E-state index >= 15 is 0 Å². The van der Waals surface area contributed by atoms with Crippen molar-refractivity contribution in [2.75, 3.05) is 0 Å². The van der Waals surface area contributed by atoms with Crippen molar-refractivity contribution in [1.29, 1.82) is 5.26 Å². The van der Waals surface area contributed by atoms with Crippen LogP contribution in [0.25, 0.3) is 60.3 Å². The summed E-state index contributed by atoms with van der Waals surface area (Å²) >= 11 is 0. The van der Waals surface area contributed by atoms with Gasteiger partial charge in [0.05, 0.1) is 40.1 Å². The molecule has 0 aliphatic heterocycles. The van der Waals surface area contributed by atoms with Gasteiger partial charge >= 0.3 is 0 Å². The van der Waals surface area contributed by atoms with Crippen LogP contribution in [-0.4, -0.2) is 9.38 Å². The van der Waals surface area contributed by atoms with E-state index in [1.165, 1.54) is 139 Å². The van der Waals surface area contributed by atoms with Crippen LogP contribution in [0.2, 0.25) is 0 Å². The van der Waals surface area contributed by atoms with E-state index in [-0.39, 0.29) is 21.7 Å². The number of rotatable bonds is 0. The van der Waals surface area contributed by atoms with Crippen LogP contribution in [0.1, 0.15) is 199 Å². The molecular formula is C61H59N3. The zero-order chi connectivity index (χ0) is 43.2. The van der Waals surface area contributed by atoms with Crippen molar-refractivity contribution >= 4 is 38.1 Å². The average Bonchev–Trinajstić information content (AvgIpc) is 4.01. The highest BCUT2D eigenvalue weighted by atomic mass is 14.9. The van der Waals surface area contributed by atoms with Crippen LogP contribution in [0, 0.1) is 45.8 Å². The number of hydrogen-bond acceptors (Lipinski definition) is 2. The van der Waals surface area contributed by atoms with Crippen molar-refractivity contribution in [3.8, 4) is 28.3 Å². The summed E-state index contributed by atoms with van der Waals surface area (Å²) in [7, 11) is 0. The van der Waals surface area contributed by atoms with Crippen molar-refractivity contribution in [2.45, 2.75) is 160 Å². The van der Waals surface area contributed by atoms with Crippen molar-refractivity contribution in [1.82, 2.24) is 9.38 Å². The van der Waals surface area contributed by atoms with E-state index in [0.717, 1.165) is 52.9 Å². The van der Waals surface area contributed by atoms with Crippen molar-refractivity contribution < 1.29 is 0 Å². The number of aromatic nitrogens is 2. The molecule has 3 heterocycles. The van der Waals surface area contributed by atoms with Crippen molar-refractivity contribution in [2.24, 2.45) is 34.5 Å². The van der Waals surface area contributed by atoms with Gasteiger partial charge in [-0.05, 0) is 187 Å². The Hall–Kier alpha value is -4.68. The summed E-state index contributed by atoms with van der Waals surface area (Å²) < 4.78 is 2.62. The molecule has 0 radical (unpaired) electrons. The molecule has 10 unspecified atom stereocenters. The van der Waals surface area contributed by atoms with Gasteiger partial charge in [-0.3, -0.25) is 4.98 Å². The van der Waals surface area contributed by atoms with Crippen LogP contribution in [0.15, 0.2) is 42.6 Å². The van der Waals surface area contributed by atoms with Crippen molar-refractivity contribution in [3.05, 3.63) is 104 Å². The first-order valence-electron chi connectivity index (χ1n) is 25.5. The van der Waals surface area contributed by atoms with Gasteiger partial charge in [0.25, 0.3) is 0 Å². The lowest BCUT2D eigenvalue weighted by molar-refractivity contribution is -0.240. The Bertz CT molecular complexity index is 3580. The van der Waals surface area contributed by atoms with Crippen LogP contribution in [-0.2, 0) is 21.7 Å². The summed E-state index contributed by atoms with van der Waals surface area (Å²) in [6.07, 6.45) is 12.2. The summed E-state index contributed by atoms with van der Waals surface area (Å²) in [4.78, 5) is 5.64. The molecule has 6 saturated carbocycles. The lowest BCUT2D eigenvalue weighted by Gasteiger charge is -2.76. The number of pyridine rings is 1. The zero-order valence-corrected chi connectivity index (χ0v) is 39.5. The third-order valence-electron chi connectivity index (χ3n) is 22.4. The molecule has 7 aromatic rings. The molecule has 2 spiro atoms. The molecule has 6 fully saturated rings. The number of nitrogens with zero attached hydrogens (tertiary/aromatic N) is 3. The molecule has 0 N–H and O–H groups in total. The van der Waals surface area contributed by atoms with Crippen molar-refractivity contribution in [3.63, 3.8) is 0 Å². The third-order valence-corrected chi connectivity index (χ3v) is 22.4. The summed E-state index contributed by atoms with van der Waals surface area (Å²) in [5, 5.41) is 16.9. The Kier molecular flexibility index (Phi) is 5.41. The molecule has 17 rings (SSSR count). The van der Waals surface area contributed by atoms with Gasteiger partial charge in [-0.15, -0.1) is 0 Å². The van der Waals surface area contributed by atoms with E-state index in [2.05, 4.69) is 122 Å². The lowest BCUT2D eigenvalue weighted by atomic mass is 9.28. The third kappa shape index (κ3) is 3.23. The molecule has 3 aromatic heterocycles. The fourth-order valence-electron chi connectivity index (χ4n) is 19.8. The highest BCUT2D eigenvalue weighted by Crippen LogP contribution is 2.88. The fraction of sp³-hybridized carbons (Fsp3) is 0.508. The number of fused-ring (bicyclic) bond motifs is 21. The minimum absolute atomic E-state index is 0.110. The Morgan fingerprint density at radius 2 is 1.19 bits per heavy atom. The van der Waals surface area contributed by atoms with E-state index in [0.29, 0.717) is 10.8 Å². The van der Waals surface area contributed by atoms with E-state index in [1.807, 2.05) is 0 Å². The van der Waals surface area contributed by atoms with Gasteiger partial charge in [0.15, 0.2) is 0 Å². The first-order chi connectivity index (χ1) is 30.4. The van der Waals surface area contributed by atoms with Gasteiger partial charge in [0.2, 0.25) is 0 Å². The second-order valence-corrected chi connectivity index (χ2v) is 27.0. The summed E-state index contributed by atoms with van der Waals surface area (Å²) in [5.74, 6) is 6.79. The zero-order valence-electron chi connectivity index (χ0n) is 39.5. The average molecular weight is 834 g/mol. The topological polar surface area (TPSA) is 41.1 Å². The predicted molar refractivity (Wildman–Crippen MR) is 258 cm³/mol. The second-order valence-electron chi connectivity index (χ2n) is 27.0. The molecule has 0 saturated heterocycles. The molecule has 0 amide bonds. The molecule has 3 nitrogen and oxygen atoms in total. The van der Waals surface area contributed by atoms with Crippen LogP contribution in [0.4, 0.5) is 0 Å². The van der Waals surface area contributed by atoms with Crippen LogP contribution < -0.4 is 0 Å². The molecule has 318 valence electrons. The maximum Gasteiger partial charge on any atom is 0.0995 e. The Balaban J connectivity index is 1.02. The highest BCUT2D eigenvalue weighted by Gasteiger charge is 2.79. The van der Waals surface area contributed by atoms with Gasteiger partial charge in [0.1, 0.15) is 0 Å². The van der Waals surface area contributed by atoms with Gasteiger partial charge in [0, 0.05) is 37.9 Å². The highest BCUT2D eigenvalue weighted by molar-refractivity contribution is 6.31. The number of hydrogen-bond donors (Lipinski definition) is 0. The molecule has 64 heavy (non-hydrogen) atoms. The smallest absolute Gasteiger partial charge is 0.0995 e. The monoisotopic (exact) mass is 833 g/mol. The standard InChI is InChI=1S/C61H59N3/c1-56(2,3)43-22-44(57(4,5)6)50-52-46(25-63-55-48(52)37-18-33-32(20-39(37)59(55,9)10)26-11-28-13-29-15-40(33)60(28,29)23-26)64-45-12-27(24-62)53-47(51(45)49(43)54(50)64)36-19-34-35(21-38(36)58(53,7)8)42-17-31-14-30-16-41(34)61(30,31)42/h12,18-22,25-26,28-31,40-42H,11,13-17,23H2,1-10H3. The van der Waals surface area contributed by atoms with Crippen LogP contribution in [0.3, 0.4) is 0 Å². The first kappa shape index (κ1) is 35.6. The van der Waals surface area contributed by atoms with E-state index in [1.54, 1.807) is 22.3 Å². The quantitative estimate of drug-likeness (QED) is 0.153. The molecular weight excluding hydrogens is 775 g/mol. The maximum absolute atomic E-state index is 11.3. The number of nitriles is 1. The summed E-state index contributed by atoms with van der Waals surface area (Å²) in [5.41, 5.74) is 25.7. The van der Waals surface area contributed by atoms with Crippen LogP contribution >= 0.6 is 0 Å². The van der Waals surface area contributed by atoms with Crippen LogP contribution in [0.5, 0.6) is 0 Å². The SMILES string of the molecule is CC(C)(C)c1cc(C(C)(C)C)c2c3c4c(c(C#N)cc3n3c5cnc6c(c5c1c23)-c1cc2c(cc1C6(C)C)C1CC3CC5CC2C35C1)C(C)(C)c1cc2c(cc1-4)C1CC3CC4CC2C341. The minimum atomic E-state index is -0.275. The largest absolute Gasteiger partial charge is 0.306 e. The van der Waals surface area contributed by atoms with Gasteiger partial charge in [-0.2, -0.15) is 5.26 Å². The Labute approximate surface area is 377 Å². The molecule has 3 heteroatoms. The minimum Gasteiger partial charge on any atom is -0.306 e. The Morgan fingerprint density at radius 3 is 1.84 bits per heavy atom.